The van der Waals surface area contributed by atoms with E-state index in [1.807, 2.05) is 0 Å². The van der Waals surface area contributed by atoms with Gasteiger partial charge in [-0.2, -0.15) is 0 Å². The van der Waals surface area contributed by atoms with Gasteiger partial charge in [0.15, 0.2) is 0 Å². The van der Waals surface area contributed by atoms with Gasteiger partial charge in [-0.1, -0.05) is 70.9 Å². The Bertz CT molecular complexity index is 124. The molecule has 0 unspecified atom stereocenters. The van der Waals surface area contributed by atoms with Crippen LogP contribution in [0, 0.1) is 13.8 Å². The van der Waals surface area contributed by atoms with Gasteiger partial charge in [0.2, 0.25) is 0 Å². The number of rotatable bonds is 11. The Morgan fingerprint density at radius 2 is 0.933 bits per heavy atom. The van der Waals surface area contributed by atoms with Gasteiger partial charge in [-0.25, -0.2) is 0 Å². The third kappa shape index (κ3) is 13.7. The molecule has 0 rings (SSSR count). The molecule has 0 aromatic heterocycles. The molecule has 0 fully saturated rings. The summed E-state index contributed by atoms with van der Waals surface area (Å²) in [5.74, 6) is 0. The fraction of sp³-hybridized carbons (Fsp3) is 0.733. The Hall–Kier alpha value is -0.260. The summed E-state index contributed by atoms with van der Waals surface area (Å²) >= 11 is 0. The first-order valence-electron chi connectivity index (χ1n) is 6.65. The predicted octanol–water partition coefficient (Wildman–Crippen LogP) is 5.50. The third-order valence-corrected chi connectivity index (χ3v) is 2.66. The highest BCUT2D eigenvalue weighted by Crippen LogP contribution is 2.07. The Kier molecular flexibility index (Phi) is 13.5. The Labute approximate surface area is 97.2 Å². The average molecular weight is 208 g/mol. The lowest BCUT2D eigenvalue weighted by atomic mass is 10.1. The molecule has 15 heavy (non-hydrogen) atoms. The summed E-state index contributed by atoms with van der Waals surface area (Å²) in [6, 6.07) is 0. The van der Waals surface area contributed by atoms with Crippen LogP contribution in [0.3, 0.4) is 0 Å². The van der Waals surface area contributed by atoms with E-state index in [2.05, 4.69) is 26.0 Å². The van der Waals surface area contributed by atoms with Gasteiger partial charge in [0.1, 0.15) is 0 Å². The second-order valence-electron chi connectivity index (χ2n) is 4.23. The SMILES string of the molecule is [CH2]CCCCC=CCCCCCCC[CH2]. The monoisotopic (exact) mass is 208 g/mol. The standard InChI is InChI=1S/C15H28/c1-3-5-7-9-11-13-15-14-12-10-8-6-4-2/h11,13H,1-10,12,14-15H2. The molecular weight excluding hydrogens is 180 g/mol. The molecule has 0 aliphatic carbocycles. The van der Waals surface area contributed by atoms with Crippen molar-refractivity contribution >= 4 is 0 Å². The van der Waals surface area contributed by atoms with E-state index in [9.17, 15) is 0 Å². The number of unbranched alkanes of at least 4 members (excludes halogenated alkanes) is 9. The molecule has 88 valence electrons. The zero-order chi connectivity index (χ0) is 11.2. The highest BCUT2D eigenvalue weighted by atomic mass is 13.9. The fourth-order valence-electron chi connectivity index (χ4n) is 1.64. The minimum atomic E-state index is 1.08. The number of hydrogen-bond donors (Lipinski definition) is 0. The molecule has 2 radical (unpaired) electrons. The molecular formula is C15H28. The quantitative estimate of drug-likeness (QED) is 0.310. The zero-order valence-corrected chi connectivity index (χ0v) is 10.3. The normalized spacial score (nSPS) is 11.3. The topological polar surface area (TPSA) is 0 Å². The molecule has 0 heterocycles. The van der Waals surface area contributed by atoms with Gasteiger partial charge in [0.25, 0.3) is 0 Å². The van der Waals surface area contributed by atoms with Crippen molar-refractivity contribution in [1.82, 2.24) is 0 Å². The molecule has 0 N–H and O–H groups in total. The number of hydrogen-bond acceptors (Lipinski definition) is 0. The van der Waals surface area contributed by atoms with Crippen LogP contribution in [-0.4, -0.2) is 0 Å². The van der Waals surface area contributed by atoms with Crippen molar-refractivity contribution in [3.05, 3.63) is 26.0 Å². The van der Waals surface area contributed by atoms with E-state index >= 15 is 0 Å². The van der Waals surface area contributed by atoms with Gasteiger partial charge in [-0.15, -0.1) is 0 Å². The van der Waals surface area contributed by atoms with Crippen LogP contribution in [0.15, 0.2) is 12.2 Å². The van der Waals surface area contributed by atoms with Gasteiger partial charge < -0.3 is 0 Å². The maximum absolute atomic E-state index is 3.85. The first kappa shape index (κ1) is 14.7. The summed E-state index contributed by atoms with van der Waals surface area (Å²) in [5.41, 5.74) is 0. The van der Waals surface area contributed by atoms with Crippen molar-refractivity contribution in [3.63, 3.8) is 0 Å². The van der Waals surface area contributed by atoms with E-state index in [0.717, 1.165) is 12.8 Å². The fourth-order valence-corrected chi connectivity index (χ4v) is 1.64. The smallest absolute Gasteiger partial charge is 0.0351 e. The van der Waals surface area contributed by atoms with Gasteiger partial charge in [0, 0.05) is 0 Å². The second-order valence-corrected chi connectivity index (χ2v) is 4.23. The van der Waals surface area contributed by atoms with E-state index in [1.54, 1.807) is 0 Å². The Morgan fingerprint density at radius 3 is 1.53 bits per heavy atom. The lowest BCUT2D eigenvalue weighted by Crippen LogP contribution is -1.78. The van der Waals surface area contributed by atoms with Crippen LogP contribution in [-0.2, 0) is 0 Å². The lowest BCUT2D eigenvalue weighted by Gasteiger charge is -1.97. The second kappa shape index (κ2) is 13.7. The first-order valence-corrected chi connectivity index (χ1v) is 6.65. The van der Waals surface area contributed by atoms with Crippen LogP contribution in [0.25, 0.3) is 0 Å². The summed E-state index contributed by atoms with van der Waals surface area (Å²) in [4.78, 5) is 0. The van der Waals surface area contributed by atoms with Gasteiger partial charge in [-0.3, -0.25) is 0 Å². The molecule has 0 aromatic carbocycles. The van der Waals surface area contributed by atoms with Crippen LogP contribution in [0.5, 0.6) is 0 Å². The third-order valence-electron chi connectivity index (χ3n) is 2.66. The van der Waals surface area contributed by atoms with E-state index in [0.29, 0.717) is 0 Å². The largest absolute Gasteiger partial charge is 0.0885 e. The van der Waals surface area contributed by atoms with Crippen LogP contribution in [0.1, 0.15) is 70.6 Å². The van der Waals surface area contributed by atoms with Gasteiger partial charge in [-0.05, 0) is 25.7 Å². The predicted molar refractivity (Wildman–Crippen MR) is 70.6 cm³/mol. The minimum Gasteiger partial charge on any atom is -0.0885 e. The molecule has 0 heteroatoms. The molecule has 0 nitrogen and oxygen atoms in total. The lowest BCUT2D eigenvalue weighted by molar-refractivity contribution is 0.621. The van der Waals surface area contributed by atoms with Crippen molar-refractivity contribution in [1.29, 1.82) is 0 Å². The molecule has 0 aliphatic rings. The molecule has 0 aromatic rings. The average Bonchev–Trinajstić information content (AvgIpc) is 2.26. The van der Waals surface area contributed by atoms with Crippen molar-refractivity contribution in [2.75, 3.05) is 0 Å². The summed E-state index contributed by atoms with van der Waals surface area (Å²) < 4.78 is 0. The number of allylic oxidation sites excluding steroid dienone is 2. The molecule has 0 aliphatic heterocycles. The molecule has 0 amide bonds. The van der Waals surface area contributed by atoms with Crippen molar-refractivity contribution in [3.8, 4) is 0 Å². The molecule has 0 spiro atoms. The molecule has 0 saturated heterocycles. The van der Waals surface area contributed by atoms with E-state index < -0.39 is 0 Å². The first-order chi connectivity index (χ1) is 7.41. The van der Waals surface area contributed by atoms with Crippen LogP contribution in [0.4, 0.5) is 0 Å². The Morgan fingerprint density at radius 1 is 0.533 bits per heavy atom. The van der Waals surface area contributed by atoms with Crippen molar-refractivity contribution in [2.24, 2.45) is 0 Å². The Balaban J connectivity index is 2.96. The minimum absolute atomic E-state index is 1.08. The van der Waals surface area contributed by atoms with Crippen LogP contribution in [0.2, 0.25) is 0 Å². The summed E-state index contributed by atoms with van der Waals surface area (Å²) in [7, 11) is 0. The molecule has 0 saturated carbocycles. The zero-order valence-electron chi connectivity index (χ0n) is 10.3. The summed E-state index contributed by atoms with van der Waals surface area (Å²) in [6.07, 6.45) is 18.8. The summed E-state index contributed by atoms with van der Waals surface area (Å²) in [5, 5.41) is 0. The van der Waals surface area contributed by atoms with Crippen molar-refractivity contribution in [2.45, 2.75) is 70.6 Å². The van der Waals surface area contributed by atoms with Crippen LogP contribution >= 0.6 is 0 Å². The maximum Gasteiger partial charge on any atom is -0.0351 e. The highest BCUT2D eigenvalue weighted by Gasteiger charge is 1.88. The maximum atomic E-state index is 3.85. The van der Waals surface area contributed by atoms with Gasteiger partial charge in [0.05, 0.1) is 0 Å². The molecule has 0 atom stereocenters. The van der Waals surface area contributed by atoms with Crippen LogP contribution < -0.4 is 0 Å². The summed E-state index contributed by atoms with van der Waals surface area (Å²) in [6.45, 7) is 7.69. The van der Waals surface area contributed by atoms with Gasteiger partial charge >= 0.3 is 0 Å². The highest BCUT2D eigenvalue weighted by molar-refractivity contribution is 4.81. The van der Waals surface area contributed by atoms with E-state index in [4.69, 9.17) is 0 Å². The van der Waals surface area contributed by atoms with E-state index in [-0.39, 0.29) is 0 Å². The van der Waals surface area contributed by atoms with E-state index in [1.165, 1.54) is 57.8 Å². The molecule has 0 bridgehead atoms. The van der Waals surface area contributed by atoms with Crippen molar-refractivity contribution < 1.29 is 0 Å².